The smallest absolute Gasteiger partial charge is 0.251 e. The molecule has 33 heavy (non-hydrogen) atoms. The minimum atomic E-state index is -0.0890. The third kappa shape index (κ3) is 5.32. The van der Waals surface area contributed by atoms with Crippen molar-refractivity contribution in [3.63, 3.8) is 0 Å². The van der Waals surface area contributed by atoms with Crippen LogP contribution in [0.3, 0.4) is 0 Å². The van der Waals surface area contributed by atoms with E-state index in [0.29, 0.717) is 18.7 Å². The molecule has 0 spiro atoms. The summed E-state index contributed by atoms with van der Waals surface area (Å²) in [5, 5.41) is 3.03. The fourth-order valence-electron chi connectivity index (χ4n) is 3.97. The number of fused-ring (bicyclic) bond motifs is 1. The Balaban J connectivity index is 1.44. The van der Waals surface area contributed by atoms with E-state index in [1.807, 2.05) is 73.7 Å². The number of aryl methyl sites for hydroxylation is 2. The Bertz CT molecular complexity index is 1260. The van der Waals surface area contributed by atoms with Gasteiger partial charge in [0.1, 0.15) is 11.6 Å². The highest BCUT2D eigenvalue weighted by Gasteiger charge is 2.13. The van der Waals surface area contributed by atoms with E-state index in [-0.39, 0.29) is 5.91 Å². The standard InChI is InChI=1S/C28H29N3O2/c1-3-11-22-13-5-9-17-26(22)33-19-10-18-31-25-16-8-7-15-24(25)30-27(31)20-29-28(32)23-14-6-4-12-21(23)2/h3-9,12-17H,1,10-11,18-20H2,2H3,(H,29,32). The summed E-state index contributed by atoms with van der Waals surface area (Å²) in [6.45, 7) is 7.47. The second-order valence-corrected chi connectivity index (χ2v) is 7.97. The van der Waals surface area contributed by atoms with Crippen LogP contribution < -0.4 is 10.1 Å². The van der Waals surface area contributed by atoms with E-state index in [9.17, 15) is 4.79 Å². The molecule has 0 bridgehead atoms. The average Bonchev–Trinajstić information content (AvgIpc) is 3.19. The highest BCUT2D eigenvalue weighted by molar-refractivity contribution is 5.95. The molecule has 0 saturated heterocycles. The van der Waals surface area contributed by atoms with Crippen LogP contribution in [0.2, 0.25) is 0 Å². The number of nitrogens with one attached hydrogen (secondary N) is 1. The topological polar surface area (TPSA) is 56.1 Å². The zero-order chi connectivity index (χ0) is 23.0. The van der Waals surface area contributed by atoms with Gasteiger partial charge >= 0.3 is 0 Å². The number of carbonyl (C=O) groups excluding carboxylic acids is 1. The molecule has 0 unspecified atom stereocenters. The van der Waals surface area contributed by atoms with Crippen LogP contribution in [-0.4, -0.2) is 22.1 Å². The second-order valence-electron chi connectivity index (χ2n) is 7.97. The van der Waals surface area contributed by atoms with Crippen molar-refractivity contribution in [1.82, 2.24) is 14.9 Å². The third-order valence-corrected chi connectivity index (χ3v) is 5.65. The van der Waals surface area contributed by atoms with Gasteiger partial charge in [0.15, 0.2) is 0 Å². The quantitative estimate of drug-likeness (QED) is 0.263. The largest absolute Gasteiger partial charge is 0.493 e. The first-order valence-electron chi connectivity index (χ1n) is 11.3. The van der Waals surface area contributed by atoms with Gasteiger partial charge in [-0.05, 0) is 55.2 Å². The molecule has 1 amide bonds. The monoisotopic (exact) mass is 439 g/mol. The molecule has 4 rings (SSSR count). The lowest BCUT2D eigenvalue weighted by atomic mass is 10.1. The van der Waals surface area contributed by atoms with Crippen LogP contribution in [-0.2, 0) is 19.5 Å². The molecule has 4 aromatic rings. The first-order valence-corrected chi connectivity index (χ1v) is 11.3. The number of para-hydroxylation sites is 3. The van der Waals surface area contributed by atoms with E-state index in [1.165, 1.54) is 0 Å². The Morgan fingerprint density at radius 3 is 2.67 bits per heavy atom. The van der Waals surface area contributed by atoms with Crippen LogP contribution in [0.1, 0.15) is 33.7 Å². The fraction of sp³-hybridized carbons (Fsp3) is 0.214. The normalized spacial score (nSPS) is 10.8. The van der Waals surface area contributed by atoms with Crippen LogP contribution in [0.25, 0.3) is 11.0 Å². The molecular weight excluding hydrogens is 410 g/mol. The summed E-state index contributed by atoms with van der Waals surface area (Å²) in [7, 11) is 0. The lowest BCUT2D eigenvalue weighted by Crippen LogP contribution is -2.25. The van der Waals surface area contributed by atoms with E-state index in [0.717, 1.165) is 53.1 Å². The minimum absolute atomic E-state index is 0.0890. The predicted molar refractivity (Wildman–Crippen MR) is 133 cm³/mol. The molecular formula is C28H29N3O2. The van der Waals surface area contributed by atoms with Crippen LogP contribution in [0.15, 0.2) is 85.5 Å². The van der Waals surface area contributed by atoms with Gasteiger partial charge in [0, 0.05) is 12.1 Å². The van der Waals surface area contributed by atoms with Crippen LogP contribution in [0, 0.1) is 6.92 Å². The van der Waals surface area contributed by atoms with Gasteiger partial charge in [-0.2, -0.15) is 0 Å². The second kappa shape index (κ2) is 10.6. The average molecular weight is 440 g/mol. The maximum atomic E-state index is 12.7. The third-order valence-electron chi connectivity index (χ3n) is 5.65. The number of imidazole rings is 1. The van der Waals surface area contributed by atoms with Gasteiger partial charge < -0.3 is 14.6 Å². The van der Waals surface area contributed by atoms with Crippen molar-refractivity contribution in [1.29, 1.82) is 0 Å². The molecule has 0 saturated carbocycles. The molecule has 0 atom stereocenters. The van der Waals surface area contributed by atoms with Gasteiger partial charge in [-0.3, -0.25) is 4.79 Å². The predicted octanol–water partition coefficient (Wildman–Crippen LogP) is 5.47. The van der Waals surface area contributed by atoms with Crippen molar-refractivity contribution < 1.29 is 9.53 Å². The van der Waals surface area contributed by atoms with Gasteiger partial charge in [0.25, 0.3) is 5.91 Å². The lowest BCUT2D eigenvalue weighted by Gasteiger charge is -2.13. The SMILES string of the molecule is C=CCc1ccccc1OCCCn1c(CNC(=O)c2ccccc2C)nc2ccccc21. The Morgan fingerprint density at radius 2 is 1.82 bits per heavy atom. The summed E-state index contributed by atoms with van der Waals surface area (Å²) >= 11 is 0. The fourth-order valence-corrected chi connectivity index (χ4v) is 3.97. The van der Waals surface area contributed by atoms with Crippen molar-refractivity contribution in [2.75, 3.05) is 6.61 Å². The highest BCUT2D eigenvalue weighted by Crippen LogP contribution is 2.20. The van der Waals surface area contributed by atoms with Crippen molar-refractivity contribution in [3.8, 4) is 5.75 Å². The molecule has 0 aliphatic rings. The summed E-state index contributed by atoms with van der Waals surface area (Å²) in [6, 6.07) is 23.7. The molecule has 1 heterocycles. The van der Waals surface area contributed by atoms with Gasteiger partial charge in [-0.15, -0.1) is 6.58 Å². The number of hydrogen-bond donors (Lipinski definition) is 1. The molecule has 1 N–H and O–H groups in total. The number of benzene rings is 3. The number of aromatic nitrogens is 2. The minimum Gasteiger partial charge on any atom is -0.493 e. The molecule has 0 radical (unpaired) electrons. The number of carbonyl (C=O) groups is 1. The zero-order valence-corrected chi connectivity index (χ0v) is 19.0. The number of allylic oxidation sites excluding steroid dienone is 1. The van der Waals surface area contributed by atoms with E-state index >= 15 is 0 Å². The van der Waals surface area contributed by atoms with E-state index in [1.54, 1.807) is 0 Å². The van der Waals surface area contributed by atoms with Crippen molar-refractivity contribution in [2.45, 2.75) is 32.9 Å². The molecule has 0 fully saturated rings. The maximum Gasteiger partial charge on any atom is 0.251 e. The first-order chi connectivity index (χ1) is 16.2. The Kier molecular flexibility index (Phi) is 7.20. The summed E-state index contributed by atoms with van der Waals surface area (Å²) in [5.41, 5.74) is 4.77. The summed E-state index contributed by atoms with van der Waals surface area (Å²) in [6.07, 6.45) is 3.49. The number of rotatable bonds is 10. The number of amides is 1. The lowest BCUT2D eigenvalue weighted by molar-refractivity contribution is 0.0949. The Hall–Kier alpha value is -3.86. The van der Waals surface area contributed by atoms with Crippen molar-refractivity contribution >= 4 is 16.9 Å². The first kappa shape index (κ1) is 22.3. The number of nitrogens with zero attached hydrogens (tertiary/aromatic N) is 2. The highest BCUT2D eigenvalue weighted by atomic mass is 16.5. The molecule has 1 aromatic heterocycles. The Labute approximate surface area is 194 Å². The van der Waals surface area contributed by atoms with E-state index in [2.05, 4.69) is 28.6 Å². The van der Waals surface area contributed by atoms with Gasteiger partial charge in [0.05, 0.1) is 24.2 Å². The molecule has 0 aliphatic carbocycles. The summed E-state index contributed by atoms with van der Waals surface area (Å²) < 4.78 is 8.23. The van der Waals surface area contributed by atoms with Crippen molar-refractivity contribution in [3.05, 3.63) is 108 Å². The number of ether oxygens (including phenoxy) is 1. The molecule has 5 nitrogen and oxygen atoms in total. The van der Waals surface area contributed by atoms with Crippen LogP contribution in [0.4, 0.5) is 0 Å². The van der Waals surface area contributed by atoms with Gasteiger partial charge in [-0.1, -0.05) is 54.6 Å². The molecule has 5 heteroatoms. The molecule has 3 aromatic carbocycles. The number of hydrogen-bond acceptors (Lipinski definition) is 3. The molecule has 168 valence electrons. The van der Waals surface area contributed by atoms with E-state index < -0.39 is 0 Å². The zero-order valence-electron chi connectivity index (χ0n) is 19.0. The van der Waals surface area contributed by atoms with Gasteiger partial charge in [-0.25, -0.2) is 4.98 Å². The van der Waals surface area contributed by atoms with Crippen LogP contribution in [0.5, 0.6) is 5.75 Å². The molecule has 0 aliphatic heterocycles. The van der Waals surface area contributed by atoms with E-state index in [4.69, 9.17) is 9.72 Å². The summed E-state index contributed by atoms with van der Waals surface area (Å²) in [4.78, 5) is 17.5. The maximum absolute atomic E-state index is 12.7. The van der Waals surface area contributed by atoms with Crippen molar-refractivity contribution in [2.24, 2.45) is 0 Å². The Morgan fingerprint density at radius 1 is 1.06 bits per heavy atom. The van der Waals surface area contributed by atoms with Gasteiger partial charge in [0.2, 0.25) is 0 Å². The van der Waals surface area contributed by atoms with Crippen LogP contribution >= 0.6 is 0 Å². The summed E-state index contributed by atoms with van der Waals surface area (Å²) in [5.74, 6) is 1.65.